The highest BCUT2D eigenvalue weighted by Crippen LogP contribution is 1.97. The lowest BCUT2D eigenvalue weighted by molar-refractivity contribution is 1.27. The van der Waals surface area contributed by atoms with Gasteiger partial charge in [0.25, 0.3) is 0 Å². The van der Waals surface area contributed by atoms with Crippen LogP contribution < -0.4 is 0 Å². The second-order valence-corrected chi connectivity index (χ2v) is 2.90. The van der Waals surface area contributed by atoms with E-state index in [0.717, 1.165) is 11.4 Å². The molecule has 62 valence electrons. The molecule has 0 radical (unpaired) electrons. The third-order valence-corrected chi connectivity index (χ3v) is 1.27. The molecule has 0 unspecified atom stereocenters. The van der Waals surface area contributed by atoms with Gasteiger partial charge >= 0.3 is 0 Å². The molecule has 0 aromatic heterocycles. The molecule has 1 heteroatoms. The molecule has 0 fully saturated rings. The molecule has 0 aliphatic rings. The number of rotatable bonds is 2. The van der Waals surface area contributed by atoms with E-state index in [-0.39, 0.29) is 0 Å². The second-order valence-electron chi connectivity index (χ2n) is 2.90. The second kappa shape index (κ2) is 4.89. The van der Waals surface area contributed by atoms with Crippen LogP contribution in [0.4, 0.5) is 0 Å². The zero-order valence-electron chi connectivity index (χ0n) is 8.10. The van der Waals surface area contributed by atoms with E-state index in [1.165, 1.54) is 5.57 Å². The molecule has 0 aromatic rings. The lowest BCUT2D eigenvalue weighted by atomic mass is 10.2. The van der Waals surface area contributed by atoms with Crippen LogP contribution in [0, 0.1) is 0 Å². The van der Waals surface area contributed by atoms with Gasteiger partial charge < -0.3 is 0 Å². The first-order chi connectivity index (χ1) is 5.06. The van der Waals surface area contributed by atoms with E-state index in [1.54, 1.807) is 0 Å². The Labute approximate surface area is 69.5 Å². The SMILES string of the molecule is C/C=C(\C)N=C(C)C=C(C)C. The molecule has 0 rings (SSSR count). The van der Waals surface area contributed by atoms with Crippen molar-refractivity contribution in [2.24, 2.45) is 4.99 Å². The molecule has 0 saturated carbocycles. The van der Waals surface area contributed by atoms with E-state index in [4.69, 9.17) is 0 Å². The fourth-order valence-electron chi connectivity index (χ4n) is 0.793. The van der Waals surface area contributed by atoms with Gasteiger partial charge in [-0.3, -0.25) is 4.99 Å². The third kappa shape index (κ3) is 5.59. The molecule has 0 atom stereocenters. The minimum Gasteiger partial charge on any atom is -0.259 e. The van der Waals surface area contributed by atoms with E-state index < -0.39 is 0 Å². The topological polar surface area (TPSA) is 12.4 Å². The summed E-state index contributed by atoms with van der Waals surface area (Å²) in [5.41, 5.74) is 3.43. The Kier molecular flexibility index (Phi) is 4.51. The zero-order valence-corrected chi connectivity index (χ0v) is 8.10. The molecule has 0 bridgehead atoms. The van der Waals surface area contributed by atoms with Crippen LogP contribution in [0.2, 0.25) is 0 Å². The van der Waals surface area contributed by atoms with Crippen molar-refractivity contribution in [2.75, 3.05) is 0 Å². The van der Waals surface area contributed by atoms with Crippen molar-refractivity contribution in [3.05, 3.63) is 23.4 Å². The van der Waals surface area contributed by atoms with E-state index in [1.807, 2.05) is 26.8 Å². The van der Waals surface area contributed by atoms with Crippen LogP contribution >= 0.6 is 0 Å². The maximum absolute atomic E-state index is 4.34. The minimum atomic E-state index is 1.07. The van der Waals surface area contributed by atoms with Gasteiger partial charge in [0.1, 0.15) is 0 Å². The van der Waals surface area contributed by atoms with Crippen molar-refractivity contribution >= 4 is 5.71 Å². The number of aliphatic imine (C=N–C) groups is 1. The van der Waals surface area contributed by atoms with Gasteiger partial charge in [0, 0.05) is 11.4 Å². The molecule has 0 heterocycles. The summed E-state index contributed by atoms with van der Waals surface area (Å²) < 4.78 is 0. The Morgan fingerprint density at radius 1 is 1.09 bits per heavy atom. The molecular formula is C10H17N. The molecule has 11 heavy (non-hydrogen) atoms. The van der Waals surface area contributed by atoms with Gasteiger partial charge in [-0.25, -0.2) is 0 Å². The third-order valence-electron chi connectivity index (χ3n) is 1.27. The first kappa shape index (κ1) is 10.2. The Morgan fingerprint density at radius 3 is 2.00 bits per heavy atom. The van der Waals surface area contributed by atoms with Crippen molar-refractivity contribution in [2.45, 2.75) is 34.6 Å². The van der Waals surface area contributed by atoms with E-state index in [9.17, 15) is 0 Å². The van der Waals surface area contributed by atoms with Crippen LogP contribution in [-0.2, 0) is 0 Å². The predicted molar refractivity (Wildman–Crippen MR) is 52.0 cm³/mol. The molecular weight excluding hydrogens is 134 g/mol. The summed E-state index contributed by atoms with van der Waals surface area (Å²) in [7, 11) is 0. The molecule has 0 amide bonds. The summed E-state index contributed by atoms with van der Waals surface area (Å²) in [6.45, 7) is 10.2. The van der Waals surface area contributed by atoms with Crippen molar-refractivity contribution in [3.63, 3.8) is 0 Å². The average Bonchev–Trinajstić information content (AvgIpc) is 1.85. The lowest BCUT2D eigenvalue weighted by Crippen LogP contribution is -1.86. The van der Waals surface area contributed by atoms with E-state index >= 15 is 0 Å². The zero-order chi connectivity index (χ0) is 8.85. The normalized spacial score (nSPS) is 13.2. The van der Waals surface area contributed by atoms with E-state index in [0.29, 0.717) is 0 Å². The highest BCUT2D eigenvalue weighted by molar-refractivity contribution is 5.93. The van der Waals surface area contributed by atoms with Crippen molar-refractivity contribution in [1.82, 2.24) is 0 Å². The standard InChI is InChI=1S/C10H17N/c1-6-9(4)11-10(5)7-8(2)3/h6-7H,1-5H3/b9-6+,11-10?. The maximum atomic E-state index is 4.34. The van der Waals surface area contributed by atoms with E-state index in [2.05, 4.69) is 24.9 Å². The number of hydrogen-bond acceptors (Lipinski definition) is 1. The quantitative estimate of drug-likeness (QED) is 0.537. The summed E-state index contributed by atoms with van der Waals surface area (Å²) in [6, 6.07) is 0. The van der Waals surface area contributed by atoms with Gasteiger partial charge in [-0.15, -0.1) is 0 Å². The molecule has 0 aliphatic heterocycles. The molecule has 0 N–H and O–H groups in total. The first-order valence-corrected chi connectivity index (χ1v) is 3.89. The van der Waals surface area contributed by atoms with Crippen molar-refractivity contribution in [1.29, 1.82) is 0 Å². The van der Waals surface area contributed by atoms with Crippen molar-refractivity contribution in [3.8, 4) is 0 Å². The molecule has 1 nitrogen and oxygen atoms in total. The minimum absolute atomic E-state index is 1.07. The van der Waals surface area contributed by atoms with Gasteiger partial charge in [-0.2, -0.15) is 0 Å². The Morgan fingerprint density at radius 2 is 1.64 bits per heavy atom. The fourth-order valence-corrected chi connectivity index (χ4v) is 0.793. The van der Waals surface area contributed by atoms with Crippen LogP contribution in [0.5, 0.6) is 0 Å². The summed E-state index contributed by atoms with van der Waals surface area (Å²) in [5, 5.41) is 0. The molecule has 0 aromatic carbocycles. The Hall–Kier alpha value is -0.850. The predicted octanol–water partition coefficient (Wildman–Crippen LogP) is 3.34. The number of nitrogens with zero attached hydrogens (tertiary/aromatic N) is 1. The van der Waals surface area contributed by atoms with Crippen molar-refractivity contribution < 1.29 is 0 Å². The Bertz CT molecular complexity index is 203. The van der Waals surface area contributed by atoms with Crippen LogP contribution in [0.1, 0.15) is 34.6 Å². The molecule has 0 aliphatic carbocycles. The van der Waals surface area contributed by atoms with Crippen LogP contribution in [0.3, 0.4) is 0 Å². The van der Waals surface area contributed by atoms with Crippen LogP contribution in [0.15, 0.2) is 28.4 Å². The fraction of sp³-hybridized carbons (Fsp3) is 0.500. The lowest BCUT2D eigenvalue weighted by Gasteiger charge is -1.94. The first-order valence-electron chi connectivity index (χ1n) is 3.89. The average molecular weight is 151 g/mol. The highest BCUT2D eigenvalue weighted by atomic mass is 14.7. The molecule has 0 saturated heterocycles. The van der Waals surface area contributed by atoms with Gasteiger partial charge in [0.05, 0.1) is 0 Å². The monoisotopic (exact) mass is 151 g/mol. The van der Waals surface area contributed by atoms with Crippen LogP contribution in [-0.4, -0.2) is 5.71 Å². The maximum Gasteiger partial charge on any atom is 0.0375 e. The number of hydrogen-bond donors (Lipinski definition) is 0. The van der Waals surface area contributed by atoms with Gasteiger partial charge in [-0.1, -0.05) is 11.6 Å². The Balaban J connectivity index is 4.36. The van der Waals surface area contributed by atoms with Gasteiger partial charge in [-0.05, 0) is 40.7 Å². The summed E-state index contributed by atoms with van der Waals surface area (Å²) >= 11 is 0. The van der Waals surface area contributed by atoms with Gasteiger partial charge in [0.15, 0.2) is 0 Å². The summed E-state index contributed by atoms with van der Waals surface area (Å²) in [6.07, 6.45) is 4.08. The molecule has 0 spiro atoms. The van der Waals surface area contributed by atoms with Crippen LogP contribution in [0.25, 0.3) is 0 Å². The summed E-state index contributed by atoms with van der Waals surface area (Å²) in [5.74, 6) is 0. The number of allylic oxidation sites excluding steroid dienone is 4. The largest absolute Gasteiger partial charge is 0.259 e. The smallest absolute Gasteiger partial charge is 0.0375 e. The summed E-state index contributed by atoms with van der Waals surface area (Å²) in [4.78, 5) is 4.34. The van der Waals surface area contributed by atoms with Gasteiger partial charge in [0.2, 0.25) is 0 Å². The highest BCUT2D eigenvalue weighted by Gasteiger charge is 1.85.